The lowest BCUT2D eigenvalue weighted by molar-refractivity contribution is -0.0443. The first-order valence-electron chi connectivity index (χ1n) is 15.5. The molecule has 0 saturated carbocycles. The third kappa shape index (κ3) is 7.29. The highest BCUT2D eigenvalue weighted by Gasteiger charge is 2.27. The topological polar surface area (TPSA) is 141 Å². The van der Waals surface area contributed by atoms with Crippen molar-refractivity contribution in [2.75, 3.05) is 13.2 Å². The lowest BCUT2D eigenvalue weighted by Crippen LogP contribution is -2.13. The fourth-order valence-electron chi connectivity index (χ4n) is 5.26. The molecule has 0 unspecified atom stereocenters. The third-order valence-electron chi connectivity index (χ3n) is 7.70. The van der Waals surface area contributed by atoms with Gasteiger partial charge in [-0.05, 0) is 50.2 Å². The number of ether oxygens (including phenoxy) is 2. The van der Waals surface area contributed by atoms with E-state index in [1.54, 1.807) is 15.6 Å². The van der Waals surface area contributed by atoms with E-state index in [0.717, 1.165) is 33.6 Å². The van der Waals surface area contributed by atoms with E-state index in [1.165, 1.54) is 42.9 Å². The monoisotopic (exact) mass is 704 g/mol. The zero-order valence-corrected chi connectivity index (χ0v) is 27.0. The second kappa shape index (κ2) is 14.8. The first kappa shape index (κ1) is 34.8. The van der Waals surface area contributed by atoms with E-state index in [0.29, 0.717) is 49.4 Å². The van der Waals surface area contributed by atoms with Crippen LogP contribution >= 0.6 is 0 Å². The Morgan fingerprint density at radius 3 is 1.73 bits per heavy atom. The fraction of sp³-hybridized carbons (Fsp3) is 0.206. The number of benzene rings is 2. The Morgan fingerprint density at radius 2 is 1.24 bits per heavy atom. The predicted molar refractivity (Wildman–Crippen MR) is 170 cm³/mol. The van der Waals surface area contributed by atoms with E-state index < -0.39 is 41.4 Å². The molecule has 0 radical (unpaired) electrons. The molecule has 0 bridgehead atoms. The molecular formula is C34H28F4N8O5. The Morgan fingerprint density at radius 1 is 0.745 bits per heavy atom. The van der Waals surface area contributed by atoms with Gasteiger partial charge in [0.15, 0.2) is 12.6 Å². The molecule has 0 N–H and O–H groups in total. The van der Waals surface area contributed by atoms with Crippen molar-refractivity contribution < 1.29 is 41.4 Å². The Balaban J connectivity index is 0.000000177. The molecule has 5 heterocycles. The van der Waals surface area contributed by atoms with Crippen LogP contribution in [0.25, 0.3) is 11.4 Å². The Hall–Kier alpha value is -6.07. The van der Waals surface area contributed by atoms with E-state index in [-0.39, 0.29) is 28.2 Å². The number of aldehydes is 1. The number of hydrogen-bond donors (Lipinski definition) is 0. The molecule has 1 fully saturated rings. The second-order valence-electron chi connectivity index (χ2n) is 11.0. The van der Waals surface area contributed by atoms with Gasteiger partial charge in [-0.3, -0.25) is 23.7 Å². The molecule has 262 valence electrons. The average Bonchev–Trinajstić information content (AvgIpc) is 3.98. The smallest absolute Gasteiger partial charge is 0.233 e. The highest BCUT2D eigenvalue weighted by atomic mass is 19.1. The standard InChI is InChI=1S/C18H16F2N4O3.C16H12F2N4O2/c1-2-23-10-11(9-21-23)17(25)15-8-16(20)22-24(15)14-4-3-12(19)7-13(14)18-26-5-6-27-18;1-2-21-8-11(7-19-21)16(24)14-6-15(18)20-22(14)13-4-3-12(17)5-10(13)9-23/h3-4,7-10,18H,2,5-6H2,1H3;3-9H,2H2,1H3. The SMILES string of the molecule is CCn1cc(C(=O)c2cc(F)nn2-c2ccc(F)cc2C2OCCO2)cn1.CCn1cc(C(=O)c2cc(F)nn2-c2ccc(F)cc2C=O)cn1. The number of aryl methyl sites for hydroxylation is 2. The van der Waals surface area contributed by atoms with Crippen molar-refractivity contribution in [2.45, 2.75) is 33.2 Å². The number of carbonyl (C=O) groups excluding carboxylic acids is 3. The van der Waals surface area contributed by atoms with Gasteiger partial charge in [0, 0.05) is 48.7 Å². The zero-order chi connectivity index (χ0) is 36.2. The fourth-order valence-corrected chi connectivity index (χ4v) is 5.26. The molecule has 1 aliphatic heterocycles. The van der Waals surface area contributed by atoms with Crippen molar-refractivity contribution >= 4 is 17.9 Å². The molecule has 1 saturated heterocycles. The van der Waals surface area contributed by atoms with Crippen molar-refractivity contribution in [3.8, 4) is 11.4 Å². The maximum atomic E-state index is 14.0. The molecule has 0 amide bonds. The summed E-state index contributed by atoms with van der Waals surface area (Å²) in [5, 5.41) is 15.5. The summed E-state index contributed by atoms with van der Waals surface area (Å²) in [6.45, 7) is 5.64. The van der Waals surface area contributed by atoms with Gasteiger partial charge in [-0.25, -0.2) is 18.1 Å². The van der Waals surface area contributed by atoms with E-state index in [4.69, 9.17) is 9.47 Å². The molecule has 0 spiro atoms. The van der Waals surface area contributed by atoms with Crippen LogP contribution in [0.2, 0.25) is 0 Å². The van der Waals surface area contributed by atoms with Crippen LogP contribution in [0, 0.1) is 23.5 Å². The van der Waals surface area contributed by atoms with Crippen LogP contribution in [-0.4, -0.2) is 70.2 Å². The molecule has 4 aromatic heterocycles. The van der Waals surface area contributed by atoms with Gasteiger partial charge in [-0.1, -0.05) is 0 Å². The average molecular weight is 705 g/mol. The van der Waals surface area contributed by atoms with Crippen LogP contribution in [-0.2, 0) is 22.6 Å². The minimum Gasteiger partial charge on any atom is -0.346 e. The summed E-state index contributed by atoms with van der Waals surface area (Å²) in [7, 11) is 0. The molecule has 17 heteroatoms. The van der Waals surface area contributed by atoms with Gasteiger partial charge in [-0.15, -0.1) is 10.2 Å². The van der Waals surface area contributed by atoms with Crippen molar-refractivity contribution in [3.63, 3.8) is 0 Å². The maximum absolute atomic E-state index is 14.0. The number of rotatable bonds is 10. The second-order valence-corrected chi connectivity index (χ2v) is 11.0. The summed E-state index contributed by atoms with van der Waals surface area (Å²) in [6.07, 6.45) is 5.49. The maximum Gasteiger partial charge on any atom is 0.233 e. The first-order valence-corrected chi connectivity index (χ1v) is 15.5. The normalized spacial score (nSPS) is 12.9. The van der Waals surface area contributed by atoms with Crippen LogP contribution < -0.4 is 0 Å². The number of nitrogens with zero attached hydrogens (tertiary/aromatic N) is 8. The molecule has 6 aromatic rings. The minimum atomic E-state index is -0.887. The van der Waals surface area contributed by atoms with Gasteiger partial charge in [0.2, 0.25) is 23.5 Å². The molecular weight excluding hydrogens is 676 g/mol. The lowest BCUT2D eigenvalue weighted by atomic mass is 10.1. The molecule has 51 heavy (non-hydrogen) atoms. The zero-order valence-electron chi connectivity index (χ0n) is 27.0. The van der Waals surface area contributed by atoms with E-state index in [1.807, 2.05) is 13.8 Å². The highest BCUT2D eigenvalue weighted by Crippen LogP contribution is 2.30. The van der Waals surface area contributed by atoms with Gasteiger partial charge in [-0.2, -0.15) is 19.0 Å². The predicted octanol–water partition coefficient (Wildman–Crippen LogP) is 5.05. The largest absolute Gasteiger partial charge is 0.346 e. The lowest BCUT2D eigenvalue weighted by Gasteiger charge is -2.16. The van der Waals surface area contributed by atoms with Gasteiger partial charge in [0.25, 0.3) is 0 Å². The van der Waals surface area contributed by atoms with Crippen LogP contribution in [0.15, 0.2) is 73.3 Å². The molecule has 0 aliphatic carbocycles. The number of halogens is 4. The van der Waals surface area contributed by atoms with Crippen molar-refractivity contribution in [3.05, 3.63) is 130 Å². The van der Waals surface area contributed by atoms with E-state index in [9.17, 15) is 31.9 Å². The number of ketones is 2. The summed E-state index contributed by atoms with van der Waals surface area (Å²) in [5.74, 6) is -3.79. The van der Waals surface area contributed by atoms with E-state index in [2.05, 4.69) is 20.4 Å². The van der Waals surface area contributed by atoms with Crippen LogP contribution in [0.4, 0.5) is 17.6 Å². The number of aromatic nitrogens is 8. The quantitative estimate of drug-likeness (QED) is 0.109. The molecule has 1 aliphatic rings. The van der Waals surface area contributed by atoms with Crippen molar-refractivity contribution in [1.82, 2.24) is 39.1 Å². The van der Waals surface area contributed by atoms with Gasteiger partial charge in [0.1, 0.15) is 23.0 Å². The molecule has 7 rings (SSSR count). The summed E-state index contributed by atoms with van der Waals surface area (Å²) >= 11 is 0. The van der Waals surface area contributed by atoms with Crippen LogP contribution in [0.5, 0.6) is 0 Å². The van der Waals surface area contributed by atoms with E-state index >= 15 is 0 Å². The molecule has 2 aromatic carbocycles. The van der Waals surface area contributed by atoms with Crippen LogP contribution in [0.3, 0.4) is 0 Å². The summed E-state index contributed by atoms with van der Waals surface area (Å²) < 4.78 is 70.9. The van der Waals surface area contributed by atoms with Gasteiger partial charge < -0.3 is 9.47 Å². The van der Waals surface area contributed by atoms with Crippen LogP contribution in [0.1, 0.15) is 68.2 Å². The Kier molecular flexibility index (Phi) is 10.1. The van der Waals surface area contributed by atoms with Gasteiger partial charge >= 0.3 is 0 Å². The number of hydrogen-bond acceptors (Lipinski definition) is 9. The Labute approximate surface area is 286 Å². The summed E-state index contributed by atoms with van der Waals surface area (Å²) in [5.41, 5.74) is 1.17. The summed E-state index contributed by atoms with van der Waals surface area (Å²) in [6, 6.07) is 9.20. The Bertz CT molecular complexity index is 2230. The minimum absolute atomic E-state index is 0.00555. The third-order valence-corrected chi connectivity index (χ3v) is 7.70. The highest BCUT2D eigenvalue weighted by molar-refractivity contribution is 6.08. The van der Waals surface area contributed by atoms with Crippen molar-refractivity contribution in [1.29, 1.82) is 0 Å². The van der Waals surface area contributed by atoms with Crippen molar-refractivity contribution in [2.24, 2.45) is 0 Å². The number of carbonyl (C=O) groups is 3. The summed E-state index contributed by atoms with van der Waals surface area (Å²) in [4.78, 5) is 36.6. The van der Waals surface area contributed by atoms with Gasteiger partial charge in [0.05, 0.1) is 48.1 Å². The molecule has 0 atom stereocenters. The first-order chi connectivity index (χ1) is 24.6. The molecule has 13 nitrogen and oxygen atoms in total.